The van der Waals surface area contributed by atoms with Crippen LogP contribution in [0.2, 0.25) is 0 Å². The monoisotopic (exact) mass is 458 g/mol. The summed E-state index contributed by atoms with van der Waals surface area (Å²) in [5, 5.41) is 11.2. The number of ether oxygens (including phenoxy) is 1. The third kappa shape index (κ3) is 5.31. The fourth-order valence-electron chi connectivity index (χ4n) is 4.64. The third-order valence-corrected chi connectivity index (χ3v) is 6.26. The van der Waals surface area contributed by atoms with Gasteiger partial charge in [-0.15, -0.1) is 5.10 Å². The van der Waals surface area contributed by atoms with E-state index in [0.717, 1.165) is 68.6 Å². The zero-order valence-corrected chi connectivity index (χ0v) is 18.6. The maximum atomic E-state index is 13.5. The van der Waals surface area contributed by atoms with E-state index in [4.69, 9.17) is 4.74 Å². The average molecular weight is 459 g/mol. The molecule has 0 aliphatic carbocycles. The largest absolute Gasteiger partial charge is 0.382 e. The van der Waals surface area contributed by atoms with Crippen molar-refractivity contribution < 1.29 is 16.4 Å². The van der Waals surface area contributed by atoms with Gasteiger partial charge >= 0.3 is 0 Å². The average Bonchev–Trinajstić information content (AvgIpc) is 3.46. The minimum absolute atomic E-state index is 0. The van der Waals surface area contributed by atoms with E-state index < -0.39 is 11.6 Å². The third-order valence-electron chi connectivity index (χ3n) is 6.26. The van der Waals surface area contributed by atoms with Crippen molar-refractivity contribution in [3.8, 4) is 5.69 Å². The van der Waals surface area contributed by atoms with Crippen molar-refractivity contribution in [2.45, 2.75) is 38.3 Å². The van der Waals surface area contributed by atoms with Crippen molar-refractivity contribution >= 4 is 17.3 Å². The van der Waals surface area contributed by atoms with E-state index >= 15 is 0 Å². The summed E-state index contributed by atoms with van der Waals surface area (Å²) in [6, 6.07) is 10.4. The van der Waals surface area contributed by atoms with E-state index in [1.807, 2.05) is 19.1 Å². The second-order valence-corrected chi connectivity index (χ2v) is 8.83. The Labute approximate surface area is 194 Å². The molecular weight excluding hydrogens is 426 g/mol. The molecule has 5 rings (SSSR count). The zero-order chi connectivity index (χ0) is 22.8. The van der Waals surface area contributed by atoms with Crippen LogP contribution in [0.1, 0.15) is 27.7 Å². The highest BCUT2D eigenvalue weighted by Gasteiger charge is 2.27. The quantitative estimate of drug-likeness (QED) is 0.556. The molecule has 3 heterocycles. The molecule has 0 radical (unpaired) electrons. The van der Waals surface area contributed by atoms with Crippen LogP contribution < -0.4 is 10.6 Å². The highest BCUT2D eigenvalue weighted by molar-refractivity contribution is 5.63. The van der Waals surface area contributed by atoms with Gasteiger partial charge in [0.2, 0.25) is 5.95 Å². The summed E-state index contributed by atoms with van der Waals surface area (Å²) in [4.78, 5) is 6.78. The van der Waals surface area contributed by atoms with Gasteiger partial charge in [-0.3, -0.25) is 4.90 Å². The molecule has 1 atom stereocenters. The lowest BCUT2D eigenvalue weighted by Gasteiger charge is -2.36. The normalized spacial score (nSPS) is 19.7. The van der Waals surface area contributed by atoms with Gasteiger partial charge in [-0.25, -0.2) is 13.5 Å². The Hall–Kier alpha value is -3.04. The van der Waals surface area contributed by atoms with Crippen LogP contribution in [0.25, 0.3) is 5.69 Å². The van der Waals surface area contributed by atoms with E-state index in [0.29, 0.717) is 18.0 Å². The molecule has 0 saturated carbocycles. The molecule has 7 nitrogen and oxygen atoms in total. The Kier molecular flexibility index (Phi) is 6.24. The molecule has 9 heteroatoms. The molecule has 2 aliphatic rings. The molecule has 2 fully saturated rings. The number of nitrogens with one attached hydrogen (secondary N) is 2. The van der Waals surface area contributed by atoms with Gasteiger partial charge in [-0.2, -0.15) is 4.98 Å². The molecule has 0 amide bonds. The molecule has 33 heavy (non-hydrogen) atoms. The minimum atomic E-state index is -0.660. The lowest BCUT2D eigenvalue weighted by atomic mass is 10.0. The summed E-state index contributed by atoms with van der Waals surface area (Å²) < 4.78 is 33.9. The van der Waals surface area contributed by atoms with Gasteiger partial charge in [-0.05, 0) is 62.1 Å². The summed E-state index contributed by atoms with van der Waals surface area (Å²) >= 11 is 0. The minimum Gasteiger partial charge on any atom is -0.382 e. The molecule has 2 saturated heterocycles. The van der Waals surface area contributed by atoms with Crippen LogP contribution in [0.3, 0.4) is 0 Å². The number of aromatic nitrogens is 3. The first-order valence-corrected chi connectivity index (χ1v) is 11.4. The Morgan fingerprint density at radius 2 is 1.76 bits per heavy atom. The molecule has 1 unspecified atom stereocenters. The number of hydrogen-bond acceptors (Lipinski definition) is 6. The molecule has 2 aliphatic heterocycles. The van der Waals surface area contributed by atoms with Crippen LogP contribution in [0.5, 0.6) is 0 Å². The van der Waals surface area contributed by atoms with Crippen LogP contribution in [0.15, 0.2) is 42.7 Å². The van der Waals surface area contributed by atoms with Crippen LogP contribution in [-0.2, 0) is 4.74 Å². The van der Waals surface area contributed by atoms with Gasteiger partial charge < -0.3 is 15.4 Å². The number of hydrogen-bond donors (Lipinski definition) is 2. The van der Waals surface area contributed by atoms with Crippen LogP contribution in [0, 0.1) is 18.6 Å². The van der Waals surface area contributed by atoms with Crippen LogP contribution in [-0.4, -0.2) is 58.1 Å². The Morgan fingerprint density at radius 3 is 2.48 bits per heavy atom. The smallest absolute Gasteiger partial charge is 0.246 e. The summed E-state index contributed by atoms with van der Waals surface area (Å²) in [6.45, 7) is 5.97. The van der Waals surface area contributed by atoms with E-state index in [-0.39, 0.29) is 8.54 Å². The second kappa shape index (κ2) is 9.44. The first-order valence-electron chi connectivity index (χ1n) is 11.4. The lowest BCUT2D eigenvalue weighted by molar-refractivity contribution is 0.124. The zero-order valence-electron chi connectivity index (χ0n) is 18.6. The van der Waals surface area contributed by atoms with Gasteiger partial charge in [0.15, 0.2) is 0 Å². The molecule has 0 spiro atoms. The van der Waals surface area contributed by atoms with Crippen molar-refractivity contribution in [2.24, 2.45) is 0 Å². The Balaban J connectivity index is 0.00000171. The summed E-state index contributed by atoms with van der Waals surface area (Å²) in [6.07, 6.45) is 4.77. The highest BCUT2D eigenvalue weighted by Crippen LogP contribution is 2.25. The second-order valence-electron chi connectivity index (χ2n) is 8.83. The van der Waals surface area contributed by atoms with Crippen molar-refractivity contribution in [3.63, 3.8) is 0 Å². The fraction of sp³-hybridized carbons (Fsp3) is 0.417. The van der Waals surface area contributed by atoms with Gasteiger partial charge in [0.1, 0.15) is 18.0 Å². The summed E-state index contributed by atoms with van der Waals surface area (Å²) in [5.41, 5.74) is 3.28. The first kappa shape index (κ1) is 21.8. The van der Waals surface area contributed by atoms with E-state index in [9.17, 15) is 8.78 Å². The molecule has 2 aromatic carbocycles. The molecular formula is C24H32F2N6O. The molecule has 178 valence electrons. The predicted molar refractivity (Wildman–Crippen MR) is 127 cm³/mol. The standard InChI is InChI=1S/C24H28F2N6O.2H2/c1-16-8-20(28-19-2-5-31(6-3-19)22-4-7-33-14-22)13-21(9-16)29-24-27-15-32(30-24)23-11-17(25)10-18(26)12-23;;/h8-13,15,19,22,28H,2-7,14H2,1H3,(H,29,30);2*1H. The van der Waals surface area contributed by atoms with Crippen molar-refractivity contribution in [3.05, 3.63) is 59.9 Å². The first-order chi connectivity index (χ1) is 16.0. The number of aryl methyl sites for hydroxylation is 1. The number of benzene rings is 2. The van der Waals surface area contributed by atoms with Crippen molar-refractivity contribution in [2.75, 3.05) is 36.9 Å². The Bertz CT molecular complexity index is 1100. The fourth-order valence-corrected chi connectivity index (χ4v) is 4.64. The SMILES string of the molecule is Cc1cc(Nc2ncn(-c3cc(F)cc(F)c3)n2)cc(NC2CCN(C3CCOC3)CC2)c1.[HH].[HH]. The molecule has 2 N–H and O–H groups in total. The highest BCUT2D eigenvalue weighted by atomic mass is 19.1. The molecule has 0 bridgehead atoms. The number of halogens is 2. The van der Waals surface area contributed by atoms with Crippen LogP contribution in [0.4, 0.5) is 26.1 Å². The number of piperidine rings is 1. The summed E-state index contributed by atoms with van der Waals surface area (Å²) in [5.74, 6) is -0.970. The van der Waals surface area contributed by atoms with E-state index in [2.05, 4.69) is 31.7 Å². The van der Waals surface area contributed by atoms with Crippen molar-refractivity contribution in [1.29, 1.82) is 0 Å². The maximum Gasteiger partial charge on any atom is 0.246 e. The van der Waals surface area contributed by atoms with Gasteiger partial charge in [0, 0.05) is 52.1 Å². The van der Waals surface area contributed by atoms with Crippen LogP contribution >= 0.6 is 0 Å². The van der Waals surface area contributed by atoms with Gasteiger partial charge in [0.25, 0.3) is 0 Å². The number of nitrogens with zero attached hydrogens (tertiary/aromatic N) is 4. The van der Waals surface area contributed by atoms with Gasteiger partial charge in [-0.1, -0.05) is 0 Å². The van der Waals surface area contributed by atoms with E-state index in [1.54, 1.807) is 0 Å². The lowest BCUT2D eigenvalue weighted by Crippen LogP contribution is -2.44. The Morgan fingerprint density at radius 1 is 1.00 bits per heavy atom. The van der Waals surface area contributed by atoms with E-state index in [1.165, 1.54) is 23.1 Å². The molecule has 1 aromatic heterocycles. The maximum absolute atomic E-state index is 13.5. The number of likely N-dealkylation sites (tertiary alicyclic amines) is 1. The van der Waals surface area contributed by atoms with Crippen molar-refractivity contribution in [1.82, 2.24) is 19.7 Å². The predicted octanol–water partition coefficient (Wildman–Crippen LogP) is 4.75. The molecule has 3 aromatic rings. The topological polar surface area (TPSA) is 67.2 Å². The summed E-state index contributed by atoms with van der Waals surface area (Å²) in [7, 11) is 0. The van der Waals surface area contributed by atoms with Gasteiger partial charge in [0.05, 0.1) is 12.3 Å². The number of anilines is 3. The number of rotatable bonds is 6.